The first-order valence-electron chi connectivity index (χ1n) is 11.7. The van der Waals surface area contributed by atoms with Gasteiger partial charge in [0.25, 0.3) is 21.2 Å². The largest absolute Gasteiger partial charge is 0.504 e. The van der Waals surface area contributed by atoms with Crippen LogP contribution in [-0.2, 0) is 21.2 Å². The molecule has 0 bridgehead atoms. The van der Waals surface area contributed by atoms with E-state index in [2.05, 4.69) is 33.3 Å². The van der Waals surface area contributed by atoms with Crippen LogP contribution in [-0.4, -0.2) is 46.8 Å². The van der Waals surface area contributed by atoms with Crippen LogP contribution >= 0.6 is 11.3 Å². The molecule has 10 nitrogen and oxygen atoms in total. The number of rotatable bonds is 8. The Bertz CT molecular complexity index is 1300. The number of aryl methyl sites for hydroxylation is 1. The number of nitrogens with one attached hydrogen (secondary N) is 2. The number of thiophene rings is 1. The lowest BCUT2D eigenvalue weighted by molar-refractivity contribution is 0.264. The summed E-state index contributed by atoms with van der Waals surface area (Å²) in [5, 5.41) is 17.1. The van der Waals surface area contributed by atoms with Gasteiger partial charge in [0.1, 0.15) is 5.76 Å². The lowest BCUT2D eigenvalue weighted by Crippen LogP contribution is -2.41. The fraction of sp³-hybridized carbons (Fsp3) is 0.565. The Morgan fingerprint density at radius 3 is 2.33 bits per heavy atom. The molecular weight excluding hydrogens is 522 g/mol. The molecule has 13 heteroatoms. The summed E-state index contributed by atoms with van der Waals surface area (Å²) in [6.45, 7) is 16.0. The van der Waals surface area contributed by atoms with E-state index >= 15 is 0 Å². The molecule has 2 atom stereocenters. The maximum absolute atomic E-state index is 13.0. The summed E-state index contributed by atoms with van der Waals surface area (Å²) in [5.41, 5.74) is 0.936. The van der Waals surface area contributed by atoms with E-state index in [4.69, 9.17) is 4.42 Å². The predicted molar refractivity (Wildman–Crippen MR) is 146 cm³/mol. The maximum atomic E-state index is 13.0. The number of furan rings is 1. The van der Waals surface area contributed by atoms with Crippen LogP contribution in [0, 0.1) is 12.3 Å². The fourth-order valence-corrected chi connectivity index (χ4v) is 7.47. The van der Waals surface area contributed by atoms with Crippen LogP contribution in [0.3, 0.4) is 0 Å². The Morgan fingerprint density at radius 1 is 1.19 bits per heavy atom. The van der Waals surface area contributed by atoms with Crippen molar-refractivity contribution < 1.29 is 22.2 Å². The molecule has 0 aliphatic carbocycles. The van der Waals surface area contributed by atoms with Crippen LogP contribution in [0.25, 0.3) is 0 Å². The van der Waals surface area contributed by atoms with Crippen molar-refractivity contribution in [1.29, 1.82) is 0 Å². The quantitative estimate of drug-likeness (QED) is 0.428. The van der Waals surface area contributed by atoms with E-state index < -0.39 is 26.9 Å². The van der Waals surface area contributed by atoms with Gasteiger partial charge < -0.3 is 20.2 Å². The normalized spacial score (nSPS) is 17.4. The molecule has 1 aliphatic rings. The molecule has 0 amide bonds. The third kappa shape index (κ3) is 5.68. The number of sulfonamides is 1. The van der Waals surface area contributed by atoms with E-state index in [1.807, 2.05) is 26.8 Å². The van der Waals surface area contributed by atoms with Crippen molar-refractivity contribution in [3.8, 4) is 5.75 Å². The van der Waals surface area contributed by atoms with Gasteiger partial charge >= 0.3 is 0 Å². The maximum Gasteiger partial charge on any atom is 0.269 e. The molecule has 1 aliphatic heterocycles. The first-order valence-corrected chi connectivity index (χ1v) is 15.1. The van der Waals surface area contributed by atoms with Gasteiger partial charge in [-0.1, -0.05) is 48.5 Å². The molecule has 0 saturated carbocycles. The van der Waals surface area contributed by atoms with E-state index in [-0.39, 0.29) is 46.1 Å². The number of amidine groups is 2. The van der Waals surface area contributed by atoms with Gasteiger partial charge in [-0.05, 0) is 29.9 Å². The zero-order valence-electron chi connectivity index (χ0n) is 21.9. The molecule has 0 fully saturated rings. The number of nitrogens with zero attached hydrogens (tertiary/aromatic N) is 3. The van der Waals surface area contributed by atoms with Gasteiger partial charge in [0.15, 0.2) is 21.6 Å². The number of anilines is 1. The summed E-state index contributed by atoms with van der Waals surface area (Å²) in [7, 11) is -3.87. The molecular formula is C23H35N5O5S3. The summed E-state index contributed by atoms with van der Waals surface area (Å²) >= 11 is -0.912. The molecule has 0 radical (unpaired) electrons. The van der Waals surface area contributed by atoms with Crippen molar-refractivity contribution in [3.63, 3.8) is 0 Å². The first-order chi connectivity index (χ1) is 16.7. The van der Waals surface area contributed by atoms with E-state index in [0.29, 0.717) is 16.6 Å². The van der Waals surface area contributed by atoms with Gasteiger partial charge in [0.05, 0.1) is 18.0 Å². The monoisotopic (exact) mass is 557 g/mol. The van der Waals surface area contributed by atoms with Crippen molar-refractivity contribution >= 4 is 49.9 Å². The Hall–Kier alpha value is -2.22. The molecule has 2 unspecified atom stereocenters. The number of hydrogen-bond acceptors (Lipinski definition) is 8. The SMILES string of the molecule is CCN(CC)S(=O)(=O)c1sc(C)c(NC2=NS(=O)N=C2NC(c2cc(C(C)C)co2)C(C)(C)C)c1O. The summed E-state index contributed by atoms with van der Waals surface area (Å²) < 4.78 is 53.5. The zero-order valence-corrected chi connectivity index (χ0v) is 24.3. The molecule has 200 valence electrons. The van der Waals surface area contributed by atoms with Crippen molar-refractivity contribution in [2.45, 2.75) is 71.6 Å². The minimum Gasteiger partial charge on any atom is -0.504 e. The summed E-state index contributed by atoms with van der Waals surface area (Å²) in [4.78, 5) is 0.540. The molecule has 0 saturated heterocycles. The highest BCUT2D eigenvalue weighted by Crippen LogP contribution is 2.43. The Morgan fingerprint density at radius 2 is 1.81 bits per heavy atom. The van der Waals surface area contributed by atoms with Crippen molar-refractivity contribution in [2.24, 2.45) is 14.2 Å². The average molecular weight is 558 g/mol. The van der Waals surface area contributed by atoms with Crippen LogP contribution in [0.2, 0.25) is 0 Å². The van der Waals surface area contributed by atoms with Gasteiger partial charge in [0, 0.05) is 18.0 Å². The molecule has 0 aromatic carbocycles. The smallest absolute Gasteiger partial charge is 0.269 e. The second-order valence-electron chi connectivity index (χ2n) is 9.87. The Labute approximate surface area is 219 Å². The molecule has 3 heterocycles. The second kappa shape index (κ2) is 10.6. The summed E-state index contributed by atoms with van der Waals surface area (Å²) in [5.74, 6) is 0.969. The number of aromatic hydroxyl groups is 1. The van der Waals surface area contributed by atoms with Crippen molar-refractivity contribution in [2.75, 3.05) is 18.4 Å². The highest BCUT2D eigenvalue weighted by atomic mass is 32.2. The molecule has 2 aromatic rings. The highest BCUT2D eigenvalue weighted by molar-refractivity contribution is 7.91. The van der Waals surface area contributed by atoms with Gasteiger partial charge in [0.2, 0.25) is 0 Å². The average Bonchev–Trinajstić information content (AvgIpc) is 3.46. The van der Waals surface area contributed by atoms with E-state index in [9.17, 15) is 17.7 Å². The fourth-order valence-electron chi connectivity index (χ4n) is 3.74. The van der Waals surface area contributed by atoms with Crippen LogP contribution in [0.1, 0.15) is 76.6 Å². The van der Waals surface area contributed by atoms with E-state index in [0.717, 1.165) is 16.9 Å². The lowest BCUT2D eigenvalue weighted by atomic mass is 9.84. The minimum atomic E-state index is -3.87. The van der Waals surface area contributed by atoms with Crippen LogP contribution in [0.4, 0.5) is 5.69 Å². The van der Waals surface area contributed by atoms with Crippen LogP contribution in [0.15, 0.2) is 29.8 Å². The van der Waals surface area contributed by atoms with Crippen molar-refractivity contribution in [3.05, 3.63) is 28.5 Å². The summed E-state index contributed by atoms with van der Waals surface area (Å²) in [6, 6.07) is 1.66. The lowest BCUT2D eigenvalue weighted by Gasteiger charge is -2.30. The minimum absolute atomic E-state index is 0.140. The Kier molecular flexibility index (Phi) is 8.38. The standard InChI is InChI=1S/C23H35N5O5S3/c1-9-28(10-2)36(31,32)22-18(29)17(14(5)34-22)24-20-21(27-35(30)26-20)25-19(23(6,7)8)16-11-15(12-33-16)13(3)4/h11-13,19,29H,9-10H2,1-8H3,(H,24,26)(H,25,27). The topological polar surface area (TPSA) is 137 Å². The van der Waals surface area contributed by atoms with Gasteiger partial charge in [-0.2, -0.15) is 4.31 Å². The third-order valence-electron chi connectivity index (χ3n) is 5.85. The van der Waals surface area contributed by atoms with E-state index in [1.165, 1.54) is 4.31 Å². The first kappa shape index (κ1) is 28.4. The predicted octanol–water partition coefficient (Wildman–Crippen LogP) is 4.69. The molecule has 2 aromatic heterocycles. The molecule has 0 spiro atoms. The Balaban J connectivity index is 1.93. The molecule has 3 rings (SSSR count). The van der Waals surface area contributed by atoms with Crippen LogP contribution in [0.5, 0.6) is 5.75 Å². The summed E-state index contributed by atoms with van der Waals surface area (Å²) in [6.07, 6.45) is 1.73. The highest BCUT2D eigenvalue weighted by Gasteiger charge is 2.35. The second-order valence-corrected chi connectivity index (χ2v) is 14.1. The van der Waals surface area contributed by atoms with Crippen LogP contribution < -0.4 is 10.6 Å². The van der Waals surface area contributed by atoms with Gasteiger partial charge in [-0.15, -0.1) is 20.1 Å². The van der Waals surface area contributed by atoms with Crippen molar-refractivity contribution in [1.82, 2.24) is 9.62 Å². The van der Waals surface area contributed by atoms with Gasteiger partial charge in [-0.25, -0.2) is 12.6 Å². The van der Waals surface area contributed by atoms with Gasteiger partial charge in [-0.3, -0.25) is 0 Å². The molecule has 36 heavy (non-hydrogen) atoms. The van der Waals surface area contributed by atoms with E-state index in [1.54, 1.807) is 27.0 Å². The third-order valence-corrected chi connectivity index (χ3v) is 10.2. The zero-order chi connectivity index (χ0) is 27.0. The number of hydrogen-bond donors (Lipinski definition) is 3. The molecule has 3 N–H and O–H groups in total.